The minimum atomic E-state index is 0.0110. The van der Waals surface area contributed by atoms with Crippen molar-refractivity contribution in [3.05, 3.63) is 0 Å². The first-order chi connectivity index (χ1) is 8.67. The molecule has 3 rings (SSSR count). The second-order valence-corrected chi connectivity index (χ2v) is 6.02. The Hall–Kier alpha value is -1.10. The van der Waals surface area contributed by atoms with Crippen molar-refractivity contribution in [3.63, 3.8) is 0 Å². The highest BCUT2D eigenvalue weighted by molar-refractivity contribution is 5.86. The van der Waals surface area contributed by atoms with Gasteiger partial charge in [0.05, 0.1) is 6.54 Å². The van der Waals surface area contributed by atoms with E-state index in [1.807, 2.05) is 0 Å². The summed E-state index contributed by atoms with van der Waals surface area (Å²) in [6.07, 6.45) is 4.93. The number of nitrogens with one attached hydrogen (secondary N) is 2. The average Bonchev–Trinajstić information content (AvgIpc) is 3.08. The molecular weight excluding hydrogens is 230 g/mol. The van der Waals surface area contributed by atoms with Gasteiger partial charge in [0.2, 0.25) is 11.8 Å². The van der Waals surface area contributed by atoms with Gasteiger partial charge in [-0.05, 0) is 44.2 Å². The van der Waals surface area contributed by atoms with Crippen LogP contribution in [0, 0.1) is 5.41 Å². The predicted molar refractivity (Wildman–Crippen MR) is 66.9 cm³/mol. The molecule has 5 heteroatoms. The maximum absolute atomic E-state index is 12.0. The van der Waals surface area contributed by atoms with E-state index >= 15 is 0 Å². The predicted octanol–water partition coefficient (Wildman–Crippen LogP) is -0.133. The van der Waals surface area contributed by atoms with Gasteiger partial charge in [0.25, 0.3) is 0 Å². The largest absolute Gasteiger partial charge is 0.352 e. The van der Waals surface area contributed by atoms with E-state index in [1.165, 1.54) is 0 Å². The summed E-state index contributed by atoms with van der Waals surface area (Å²) in [7, 11) is 0. The van der Waals surface area contributed by atoms with E-state index in [0.29, 0.717) is 12.5 Å². The van der Waals surface area contributed by atoms with Crippen LogP contribution in [0.25, 0.3) is 0 Å². The van der Waals surface area contributed by atoms with Crippen molar-refractivity contribution in [1.29, 1.82) is 0 Å². The zero-order valence-electron chi connectivity index (χ0n) is 10.7. The molecule has 5 nitrogen and oxygen atoms in total. The highest BCUT2D eigenvalue weighted by atomic mass is 16.2. The number of hydrogen-bond acceptors (Lipinski definition) is 3. The second kappa shape index (κ2) is 4.53. The Kier molecular flexibility index (Phi) is 3.01. The lowest BCUT2D eigenvalue weighted by Crippen LogP contribution is -2.42. The molecule has 3 aliphatic rings. The van der Waals surface area contributed by atoms with E-state index in [4.69, 9.17) is 0 Å². The normalized spacial score (nSPS) is 26.7. The van der Waals surface area contributed by atoms with Gasteiger partial charge < -0.3 is 15.5 Å². The number of rotatable bonds is 3. The first-order valence-electron chi connectivity index (χ1n) is 6.95. The van der Waals surface area contributed by atoms with Crippen LogP contribution in [0.3, 0.4) is 0 Å². The molecule has 0 atom stereocenters. The molecule has 2 aliphatic heterocycles. The van der Waals surface area contributed by atoms with Crippen LogP contribution in [-0.4, -0.2) is 48.9 Å². The van der Waals surface area contributed by atoms with Crippen molar-refractivity contribution in [3.8, 4) is 0 Å². The molecule has 100 valence electrons. The molecule has 1 saturated carbocycles. The Labute approximate surface area is 107 Å². The number of nitrogens with zero attached hydrogens (tertiary/aromatic N) is 1. The van der Waals surface area contributed by atoms with Gasteiger partial charge >= 0.3 is 0 Å². The SMILES string of the molecule is O=C(CN1CC2(CCNCC2)CC1=O)NC1CC1. The highest BCUT2D eigenvalue weighted by Gasteiger charge is 2.44. The molecule has 0 radical (unpaired) electrons. The van der Waals surface area contributed by atoms with Crippen LogP contribution in [0.4, 0.5) is 0 Å². The molecule has 2 amide bonds. The molecule has 1 spiro atoms. The number of carbonyl (C=O) groups excluding carboxylic acids is 2. The lowest BCUT2D eigenvalue weighted by Gasteiger charge is -2.32. The Balaban J connectivity index is 1.56. The maximum Gasteiger partial charge on any atom is 0.239 e. The van der Waals surface area contributed by atoms with Gasteiger partial charge in [0, 0.05) is 19.0 Å². The van der Waals surface area contributed by atoms with Crippen LogP contribution in [0.5, 0.6) is 0 Å². The first kappa shape index (κ1) is 12.0. The Morgan fingerprint density at radius 2 is 2.11 bits per heavy atom. The summed E-state index contributed by atoms with van der Waals surface area (Å²) in [4.78, 5) is 25.5. The smallest absolute Gasteiger partial charge is 0.239 e. The van der Waals surface area contributed by atoms with E-state index in [-0.39, 0.29) is 23.8 Å². The van der Waals surface area contributed by atoms with E-state index in [0.717, 1.165) is 45.3 Å². The summed E-state index contributed by atoms with van der Waals surface area (Å²) < 4.78 is 0. The third-order valence-corrected chi connectivity index (χ3v) is 4.35. The topological polar surface area (TPSA) is 61.4 Å². The first-order valence-corrected chi connectivity index (χ1v) is 6.95. The minimum Gasteiger partial charge on any atom is -0.352 e. The van der Waals surface area contributed by atoms with Crippen LogP contribution < -0.4 is 10.6 Å². The number of likely N-dealkylation sites (tertiary alicyclic amines) is 1. The molecule has 1 aliphatic carbocycles. The standard InChI is InChI=1S/C13H21N3O2/c17-11(15-10-1-2-10)8-16-9-13(7-12(16)18)3-5-14-6-4-13/h10,14H,1-9H2,(H,15,17). The number of carbonyl (C=O) groups is 2. The highest BCUT2D eigenvalue weighted by Crippen LogP contribution is 2.39. The van der Waals surface area contributed by atoms with Crippen molar-refractivity contribution >= 4 is 11.8 Å². The molecule has 0 unspecified atom stereocenters. The van der Waals surface area contributed by atoms with Crippen LogP contribution >= 0.6 is 0 Å². The van der Waals surface area contributed by atoms with Gasteiger partial charge in [-0.3, -0.25) is 9.59 Å². The molecule has 3 fully saturated rings. The fourth-order valence-corrected chi connectivity index (χ4v) is 3.09. The lowest BCUT2D eigenvalue weighted by atomic mass is 9.78. The maximum atomic E-state index is 12.0. The molecule has 0 aromatic heterocycles. The van der Waals surface area contributed by atoms with Crippen molar-refractivity contribution < 1.29 is 9.59 Å². The van der Waals surface area contributed by atoms with Crippen molar-refractivity contribution in [2.45, 2.75) is 38.1 Å². The van der Waals surface area contributed by atoms with Crippen LogP contribution in [0.2, 0.25) is 0 Å². The van der Waals surface area contributed by atoms with E-state index in [2.05, 4.69) is 10.6 Å². The van der Waals surface area contributed by atoms with Crippen LogP contribution in [0.15, 0.2) is 0 Å². The zero-order valence-corrected chi connectivity index (χ0v) is 10.7. The van der Waals surface area contributed by atoms with Crippen molar-refractivity contribution in [2.24, 2.45) is 5.41 Å². The van der Waals surface area contributed by atoms with Gasteiger partial charge in [-0.1, -0.05) is 0 Å². The fraction of sp³-hybridized carbons (Fsp3) is 0.846. The van der Waals surface area contributed by atoms with Crippen LogP contribution in [0.1, 0.15) is 32.1 Å². The lowest BCUT2D eigenvalue weighted by molar-refractivity contribution is -0.133. The van der Waals surface area contributed by atoms with Gasteiger partial charge in [0.1, 0.15) is 0 Å². The molecule has 18 heavy (non-hydrogen) atoms. The number of amides is 2. The van der Waals surface area contributed by atoms with Gasteiger partial charge in [-0.25, -0.2) is 0 Å². The second-order valence-electron chi connectivity index (χ2n) is 6.02. The summed E-state index contributed by atoms with van der Waals surface area (Å²) in [5, 5.41) is 6.28. The summed E-state index contributed by atoms with van der Waals surface area (Å²) >= 11 is 0. The molecule has 2 heterocycles. The molecule has 0 aromatic carbocycles. The van der Waals surface area contributed by atoms with Gasteiger partial charge in [-0.15, -0.1) is 0 Å². The zero-order chi connectivity index (χ0) is 12.6. The van der Waals surface area contributed by atoms with Crippen molar-refractivity contribution in [1.82, 2.24) is 15.5 Å². The van der Waals surface area contributed by atoms with Crippen molar-refractivity contribution in [2.75, 3.05) is 26.2 Å². The average molecular weight is 251 g/mol. The quantitative estimate of drug-likeness (QED) is 0.734. The van der Waals surface area contributed by atoms with Gasteiger partial charge in [0.15, 0.2) is 0 Å². The van der Waals surface area contributed by atoms with E-state index < -0.39 is 0 Å². The van der Waals surface area contributed by atoms with Gasteiger partial charge in [-0.2, -0.15) is 0 Å². The Bertz CT molecular complexity index is 359. The molecule has 0 bridgehead atoms. The number of hydrogen-bond donors (Lipinski definition) is 2. The number of piperidine rings is 1. The fourth-order valence-electron chi connectivity index (χ4n) is 3.09. The molecule has 0 aromatic rings. The molecule has 2 N–H and O–H groups in total. The Morgan fingerprint density at radius 3 is 2.78 bits per heavy atom. The summed E-state index contributed by atoms with van der Waals surface area (Å²) in [5.74, 6) is 0.166. The van der Waals surface area contributed by atoms with E-state index in [1.54, 1.807) is 4.90 Å². The summed E-state index contributed by atoms with van der Waals surface area (Å²) in [6.45, 7) is 3.01. The van der Waals surface area contributed by atoms with E-state index in [9.17, 15) is 9.59 Å². The monoisotopic (exact) mass is 251 g/mol. The Morgan fingerprint density at radius 1 is 1.39 bits per heavy atom. The third-order valence-electron chi connectivity index (χ3n) is 4.35. The van der Waals surface area contributed by atoms with Crippen LogP contribution in [-0.2, 0) is 9.59 Å². The molecular formula is C13H21N3O2. The summed E-state index contributed by atoms with van der Waals surface area (Å²) in [6, 6.07) is 0.378. The summed E-state index contributed by atoms with van der Waals surface area (Å²) in [5.41, 5.74) is 0.141. The third kappa shape index (κ3) is 2.51. The molecule has 2 saturated heterocycles. The minimum absolute atomic E-state index is 0.0110.